The highest BCUT2D eigenvalue weighted by Gasteiger charge is 2.30. The number of aromatic amines is 1. The molecular formula is C27H32N8O2. The average Bonchev–Trinajstić information content (AvgIpc) is 3.41. The van der Waals surface area contributed by atoms with Crippen LogP contribution in [-0.2, 0) is 16.6 Å². The van der Waals surface area contributed by atoms with Crippen LogP contribution in [0, 0.1) is 0 Å². The van der Waals surface area contributed by atoms with Gasteiger partial charge in [-0.05, 0) is 55.9 Å². The largest absolute Gasteiger partial charge is 0.454 e. The molecule has 2 N–H and O–H groups in total. The number of pyridine rings is 1. The van der Waals surface area contributed by atoms with Gasteiger partial charge in [0.05, 0.1) is 12.2 Å². The van der Waals surface area contributed by atoms with E-state index in [2.05, 4.69) is 67.8 Å². The van der Waals surface area contributed by atoms with Gasteiger partial charge in [-0.15, -0.1) is 10.2 Å². The second kappa shape index (κ2) is 9.93. The Bertz CT molecular complexity index is 1340. The SMILES string of the molecule is CC(C)(Cc1cccc(Nc2cc(Oc3cn(C4CC4)nc3C3CCOCC3)ccn2)c1)c1nn[nH]n1. The van der Waals surface area contributed by atoms with E-state index in [0.717, 1.165) is 55.4 Å². The van der Waals surface area contributed by atoms with Crippen molar-refractivity contribution in [2.75, 3.05) is 18.5 Å². The predicted molar refractivity (Wildman–Crippen MR) is 138 cm³/mol. The van der Waals surface area contributed by atoms with Gasteiger partial charge in [-0.3, -0.25) is 4.68 Å². The number of rotatable bonds is 9. The first-order valence-electron chi connectivity index (χ1n) is 12.9. The van der Waals surface area contributed by atoms with Gasteiger partial charge in [0, 0.05) is 42.5 Å². The molecule has 3 aromatic heterocycles. The number of tetrazole rings is 1. The molecule has 0 bridgehead atoms. The van der Waals surface area contributed by atoms with Crippen LogP contribution in [0.1, 0.15) is 68.6 Å². The Morgan fingerprint density at radius 2 is 2.00 bits per heavy atom. The van der Waals surface area contributed by atoms with Crippen LogP contribution in [0.25, 0.3) is 0 Å². The van der Waals surface area contributed by atoms with Gasteiger partial charge in [0.2, 0.25) is 0 Å². The van der Waals surface area contributed by atoms with E-state index < -0.39 is 0 Å². The third-order valence-corrected chi connectivity index (χ3v) is 7.01. The van der Waals surface area contributed by atoms with Crippen molar-refractivity contribution in [2.45, 2.75) is 63.3 Å². The first-order chi connectivity index (χ1) is 18.0. The number of benzene rings is 1. The molecule has 10 nitrogen and oxygen atoms in total. The zero-order chi connectivity index (χ0) is 25.2. The van der Waals surface area contributed by atoms with Crippen LogP contribution >= 0.6 is 0 Å². The van der Waals surface area contributed by atoms with Crippen LogP contribution in [0.15, 0.2) is 48.8 Å². The number of hydrogen-bond donors (Lipinski definition) is 2. The van der Waals surface area contributed by atoms with E-state index in [4.69, 9.17) is 14.6 Å². The maximum atomic E-state index is 6.40. The number of anilines is 2. The van der Waals surface area contributed by atoms with E-state index in [-0.39, 0.29) is 5.41 Å². The van der Waals surface area contributed by atoms with Crippen molar-refractivity contribution in [3.8, 4) is 11.5 Å². The van der Waals surface area contributed by atoms with Gasteiger partial charge in [0.25, 0.3) is 0 Å². The topological polar surface area (TPSA) is 116 Å². The van der Waals surface area contributed by atoms with Crippen molar-refractivity contribution < 1.29 is 9.47 Å². The van der Waals surface area contributed by atoms with Gasteiger partial charge in [-0.25, -0.2) is 4.98 Å². The first kappa shape index (κ1) is 23.6. The summed E-state index contributed by atoms with van der Waals surface area (Å²) in [5.74, 6) is 3.34. The summed E-state index contributed by atoms with van der Waals surface area (Å²) in [7, 11) is 0. The molecule has 0 amide bonds. The minimum atomic E-state index is -0.245. The average molecular weight is 501 g/mol. The lowest BCUT2D eigenvalue weighted by Gasteiger charge is -2.21. The fraction of sp³-hybridized carbons (Fsp3) is 0.444. The van der Waals surface area contributed by atoms with Gasteiger partial charge in [-0.2, -0.15) is 10.3 Å². The van der Waals surface area contributed by atoms with Crippen molar-refractivity contribution >= 4 is 11.5 Å². The molecular weight excluding hydrogens is 468 g/mol. The van der Waals surface area contributed by atoms with Crippen LogP contribution in [0.5, 0.6) is 11.5 Å². The van der Waals surface area contributed by atoms with Gasteiger partial charge < -0.3 is 14.8 Å². The van der Waals surface area contributed by atoms with Gasteiger partial charge in [0.15, 0.2) is 11.6 Å². The number of aromatic nitrogens is 7. The summed E-state index contributed by atoms with van der Waals surface area (Å²) in [5.41, 5.74) is 2.92. The molecule has 1 aliphatic carbocycles. The molecule has 1 saturated carbocycles. The van der Waals surface area contributed by atoms with Crippen LogP contribution in [0.3, 0.4) is 0 Å². The van der Waals surface area contributed by atoms with E-state index in [9.17, 15) is 0 Å². The van der Waals surface area contributed by atoms with Gasteiger partial charge in [-0.1, -0.05) is 31.2 Å². The van der Waals surface area contributed by atoms with E-state index in [0.29, 0.717) is 23.6 Å². The normalized spacial score (nSPS) is 16.6. The summed E-state index contributed by atoms with van der Waals surface area (Å²) in [5, 5.41) is 22.9. The third-order valence-electron chi connectivity index (χ3n) is 7.01. The van der Waals surface area contributed by atoms with Crippen molar-refractivity contribution in [3.05, 3.63) is 65.9 Å². The number of nitrogens with zero attached hydrogens (tertiary/aromatic N) is 6. The molecule has 2 fully saturated rings. The number of H-pyrrole nitrogens is 1. The van der Waals surface area contributed by atoms with E-state index >= 15 is 0 Å². The molecule has 6 rings (SSSR count). The zero-order valence-corrected chi connectivity index (χ0v) is 21.2. The second-order valence-electron chi connectivity index (χ2n) is 10.6. The van der Waals surface area contributed by atoms with E-state index in [1.165, 1.54) is 18.4 Å². The summed E-state index contributed by atoms with van der Waals surface area (Å²) in [4.78, 5) is 4.52. The van der Waals surface area contributed by atoms with Crippen molar-refractivity contribution in [3.63, 3.8) is 0 Å². The zero-order valence-electron chi connectivity index (χ0n) is 21.2. The molecule has 0 unspecified atom stereocenters. The second-order valence-corrected chi connectivity index (χ2v) is 10.6. The molecule has 10 heteroatoms. The lowest BCUT2D eigenvalue weighted by molar-refractivity contribution is 0.0839. The Kier molecular flexibility index (Phi) is 6.33. The first-order valence-corrected chi connectivity index (χ1v) is 12.9. The molecule has 1 aliphatic heterocycles. The monoisotopic (exact) mass is 500 g/mol. The Morgan fingerprint density at radius 3 is 2.78 bits per heavy atom. The minimum Gasteiger partial charge on any atom is -0.454 e. The van der Waals surface area contributed by atoms with Crippen molar-refractivity contribution in [2.24, 2.45) is 0 Å². The number of hydrogen-bond acceptors (Lipinski definition) is 8. The maximum absolute atomic E-state index is 6.40. The Hall–Kier alpha value is -3.79. The lowest BCUT2D eigenvalue weighted by atomic mass is 9.85. The fourth-order valence-electron chi connectivity index (χ4n) is 4.86. The third kappa shape index (κ3) is 5.48. The summed E-state index contributed by atoms with van der Waals surface area (Å²) in [6.07, 6.45) is 8.91. The van der Waals surface area contributed by atoms with Crippen LogP contribution < -0.4 is 10.1 Å². The van der Waals surface area contributed by atoms with Gasteiger partial charge in [0.1, 0.15) is 17.3 Å². The minimum absolute atomic E-state index is 0.245. The predicted octanol–water partition coefficient (Wildman–Crippen LogP) is 5.08. The lowest BCUT2D eigenvalue weighted by Crippen LogP contribution is -2.22. The number of ether oxygens (including phenoxy) is 2. The highest BCUT2D eigenvalue weighted by Crippen LogP contribution is 2.40. The number of nitrogens with one attached hydrogen (secondary N) is 2. The van der Waals surface area contributed by atoms with E-state index in [1.807, 2.05) is 24.3 Å². The molecule has 0 radical (unpaired) electrons. The summed E-state index contributed by atoms with van der Waals surface area (Å²) in [6, 6.07) is 12.6. The van der Waals surface area contributed by atoms with Crippen molar-refractivity contribution in [1.82, 2.24) is 35.4 Å². The van der Waals surface area contributed by atoms with Crippen molar-refractivity contribution in [1.29, 1.82) is 0 Å². The fourth-order valence-corrected chi connectivity index (χ4v) is 4.86. The molecule has 0 atom stereocenters. The molecule has 37 heavy (non-hydrogen) atoms. The standard InChI is InChI=1S/C27H32N8O2/c1-27(2,26-30-33-34-31-26)16-18-4-3-5-20(14-18)29-24-15-22(8-11-28-24)37-23-17-35(21-6-7-21)32-25(23)19-9-12-36-13-10-19/h3-5,8,11,14-15,17,19,21H,6-7,9-10,12-13,16H2,1-2H3,(H,28,29)(H,30,31,33,34). The van der Waals surface area contributed by atoms with Gasteiger partial charge >= 0.3 is 0 Å². The molecule has 192 valence electrons. The quantitative estimate of drug-likeness (QED) is 0.327. The molecule has 4 heterocycles. The molecule has 1 aromatic carbocycles. The highest BCUT2D eigenvalue weighted by atomic mass is 16.5. The Balaban J connectivity index is 1.18. The summed E-state index contributed by atoms with van der Waals surface area (Å²) in [6.45, 7) is 5.77. The summed E-state index contributed by atoms with van der Waals surface area (Å²) >= 11 is 0. The van der Waals surface area contributed by atoms with Crippen LogP contribution in [0.2, 0.25) is 0 Å². The molecule has 4 aromatic rings. The molecule has 0 spiro atoms. The maximum Gasteiger partial charge on any atom is 0.180 e. The Morgan fingerprint density at radius 1 is 1.14 bits per heavy atom. The van der Waals surface area contributed by atoms with Crippen LogP contribution in [-0.4, -0.2) is 48.6 Å². The summed E-state index contributed by atoms with van der Waals surface area (Å²) < 4.78 is 14.1. The molecule has 1 saturated heterocycles. The van der Waals surface area contributed by atoms with Crippen LogP contribution in [0.4, 0.5) is 11.5 Å². The smallest absolute Gasteiger partial charge is 0.180 e. The molecule has 2 aliphatic rings. The van der Waals surface area contributed by atoms with E-state index in [1.54, 1.807) is 6.20 Å². The Labute approximate surface area is 215 Å². The highest BCUT2D eigenvalue weighted by molar-refractivity contribution is 5.58.